The lowest BCUT2D eigenvalue weighted by molar-refractivity contribution is -0.0808. The molecule has 2 aliphatic rings. The molecule has 2 rings (SSSR count). The predicted molar refractivity (Wildman–Crippen MR) is 82.8 cm³/mol. The van der Waals surface area contributed by atoms with Gasteiger partial charge in [-0.15, -0.1) is 6.58 Å². The summed E-state index contributed by atoms with van der Waals surface area (Å²) < 4.78 is 5.54. The van der Waals surface area contributed by atoms with Crippen molar-refractivity contribution in [2.75, 3.05) is 13.2 Å². The van der Waals surface area contributed by atoms with Gasteiger partial charge in [0.1, 0.15) is 0 Å². The summed E-state index contributed by atoms with van der Waals surface area (Å²) in [4.78, 5) is 0. The van der Waals surface area contributed by atoms with Crippen molar-refractivity contribution in [2.24, 2.45) is 0 Å². The summed E-state index contributed by atoms with van der Waals surface area (Å²) in [6, 6.07) is 0.734. The van der Waals surface area contributed by atoms with Crippen molar-refractivity contribution in [3.05, 3.63) is 12.7 Å². The first kappa shape index (κ1) is 16.0. The molecule has 2 bridgehead atoms. The molecule has 0 radical (unpaired) electrons. The number of rotatable bonds is 9. The smallest absolute Gasteiger partial charge is 0.0679 e. The lowest BCUT2D eigenvalue weighted by Gasteiger charge is -2.45. The third-order valence-electron chi connectivity index (χ3n) is 4.66. The number of ether oxygens (including phenoxy) is 1. The minimum atomic E-state index is -0.437. The van der Waals surface area contributed by atoms with Gasteiger partial charge in [-0.1, -0.05) is 38.2 Å². The molecule has 0 aliphatic carbocycles. The second-order valence-electron chi connectivity index (χ2n) is 6.68. The Morgan fingerprint density at radius 1 is 1.05 bits per heavy atom. The zero-order chi connectivity index (χ0) is 14.3. The van der Waals surface area contributed by atoms with Crippen molar-refractivity contribution in [3.63, 3.8) is 0 Å². The molecule has 3 heteroatoms. The standard InChI is InChI=1S/C17H31NO2/c1-2-3-4-5-6-7-8-9-10-17(19)11-15-13-20-14-16(12-17)18-15/h2,15-16,18-19H,1,3-14H2. The highest BCUT2D eigenvalue weighted by Crippen LogP contribution is 2.32. The van der Waals surface area contributed by atoms with E-state index in [2.05, 4.69) is 11.9 Å². The Labute approximate surface area is 123 Å². The van der Waals surface area contributed by atoms with Crippen LogP contribution in [0.4, 0.5) is 0 Å². The Balaban J connectivity index is 1.55. The van der Waals surface area contributed by atoms with Crippen LogP contribution in [0.3, 0.4) is 0 Å². The highest BCUT2D eigenvalue weighted by molar-refractivity contribution is 4.97. The lowest BCUT2D eigenvalue weighted by Crippen LogP contribution is -2.59. The van der Waals surface area contributed by atoms with Gasteiger partial charge in [-0.25, -0.2) is 0 Å². The molecule has 20 heavy (non-hydrogen) atoms. The van der Waals surface area contributed by atoms with E-state index in [1.54, 1.807) is 0 Å². The molecule has 0 aromatic carbocycles. The quantitative estimate of drug-likeness (QED) is 0.504. The Bertz CT molecular complexity index is 281. The van der Waals surface area contributed by atoms with E-state index in [1.807, 2.05) is 6.08 Å². The summed E-state index contributed by atoms with van der Waals surface area (Å²) in [5.74, 6) is 0. The minimum Gasteiger partial charge on any atom is -0.390 e. The monoisotopic (exact) mass is 281 g/mol. The average molecular weight is 281 g/mol. The molecular formula is C17H31NO2. The van der Waals surface area contributed by atoms with Gasteiger partial charge in [-0.3, -0.25) is 0 Å². The van der Waals surface area contributed by atoms with Crippen molar-refractivity contribution < 1.29 is 9.84 Å². The molecular weight excluding hydrogens is 250 g/mol. The van der Waals surface area contributed by atoms with Gasteiger partial charge in [0.25, 0.3) is 0 Å². The number of morpholine rings is 1. The van der Waals surface area contributed by atoms with Crippen molar-refractivity contribution >= 4 is 0 Å². The lowest BCUT2D eigenvalue weighted by atomic mass is 9.79. The molecule has 2 atom stereocenters. The summed E-state index contributed by atoms with van der Waals surface area (Å²) in [7, 11) is 0. The highest BCUT2D eigenvalue weighted by Gasteiger charge is 2.40. The van der Waals surface area contributed by atoms with Gasteiger partial charge in [0.15, 0.2) is 0 Å². The molecule has 0 aromatic heterocycles. The molecule has 2 N–H and O–H groups in total. The van der Waals surface area contributed by atoms with Crippen LogP contribution in [0.2, 0.25) is 0 Å². The molecule has 2 saturated heterocycles. The van der Waals surface area contributed by atoms with E-state index in [0.717, 1.165) is 45.3 Å². The SMILES string of the molecule is C=CCCCCCCCCC1(O)CC2COCC(C1)N2. The summed E-state index contributed by atoms with van der Waals surface area (Å²) in [5.41, 5.74) is -0.437. The molecule has 0 aromatic rings. The fourth-order valence-corrected chi connectivity index (χ4v) is 3.67. The third kappa shape index (κ3) is 5.19. The van der Waals surface area contributed by atoms with Crippen molar-refractivity contribution in [1.82, 2.24) is 5.32 Å². The van der Waals surface area contributed by atoms with E-state index in [0.29, 0.717) is 12.1 Å². The Kier molecular flexibility index (Phi) is 6.53. The second-order valence-corrected chi connectivity index (χ2v) is 6.68. The van der Waals surface area contributed by atoms with Gasteiger partial charge >= 0.3 is 0 Å². The van der Waals surface area contributed by atoms with E-state index in [-0.39, 0.29) is 0 Å². The number of unbranched alkanes of at least 4 members (excludes halogenated alkanes) is 6. The van der Waals surface area contributed by atoms with Crippen LogP contribution in [0.15, 0.2) is 12.7 Å². The van der Waals surface area contributed by atoms with Crippen molar-refractivity contribution in [3.8, 4) is 0 Å². The maximum Gasteiger partial charge on any atom is 0.0679 e. The molecule has 0 saturated carbocycles. The van der Waals surface area contributed by atoms with E-state index in [1.165, 1.54) is 32.1 Å². The van der Waals surface area contributed by atoms with E-state index < -0.39 is 5.60 Å². The van der Waals surface area contributed by atoms with Crippen molar-refractivity contribution in [1.29, 1.82) is 0 Å². The number of hydrogen-bond acceptors (Lipinski definition) is 3. The number of hydrogen-bond donors (Lipinski definition) is 2. The van der Waals surface area contributed by atoms with Gasteiger partial charge in [-0.05, 0) is 32.1 Å². The first-order valence-corrected chi connectivity index (χ1v) is 8.39. The van der Waals surface area contributed by atoms with E-state index in [9.17, 15) is 5.11 Å². The van der Waals surface area contributed by atoms with Crippen LogP contribution in [0.1, 0.15) is 64.2 Å². The summed E-state index contributed by atoms with van der Waals surface area (Å²) in [6.07, 6.45) is 13.5. The minimum absolute atomic E-state index is 0.367. The highest BCUT2D eigenvalue weighted by atomic mass is 16.5. The predicted octanol–water partition coefficient (Wildman–Crippen LogP) is 3.18. The van der Waals surface area contributed by atoms with Gasteiger partial charge in [0, 0.05) is 12.1 Å². The molecule has 2 heterocycles. The van der Waals surface area contributed by atoms with Crippen LogP contribution in [0.5, 0.6) is 0 Å². The number of nitrogens with one attached hydrogen (secondary N) is 1. The van der Waals surface area contributed by atoms with Crippen LogP contribution in [0.25, 0.3) is 0 Å². The van der Waals surface area contributed by atoms with Crippen LogP contribution in [-0.2, 0) is 4.74 Å². The Hall–Kier alpha value is -0.380. The number of piperidine rings is 1. The van der Waals surface area contributed by atoms with Crippen LogP contribution in [-0.4, -0.2) is 36.0 Å². The fraction of sp³-hybridized carbons (Fsp3) is 0.882. The molecule has 0 spiro atoms. The van der Waals surface area contributed by atoms with Crippen LogP contribution < -0.4 is 5.32 Å². The Morgan fingerprint density at radius 3 is 2.30 bits per heavy atom. The zero-order valence-corrected chi connectivity index (χ0v) is 12.8. The third-order valence-corrected chi connectivity index (χ3v) is 4.66. The second kappa shape index (κ2) is 8.16. The summed E-state index contributed by atoms with van der Waals surface area (Å²) in [6.45, 7) is 5.28. The van der Waals surface area contributed by atoms with Gasteiger partial charge < -0.3 is 15.2 Å². The number of allylic oxidation sites excluding steroid dienone is 1. The topological polar surface area (TPSA) is 41.5 Å². The molecule has 2 unspecified atom stereocenters. The van der Waals surface area contributed by atoms with Gasteiger partial charge in [0.05, 0.1) is 18.8 Å². The molecule has 116 valence electrons. The number of aliphatic hydroxyl groups is 1. The Morgan fingerprint density at radius 2 is 1.65 bits per heavy atom. The van der Waals surface area contributed by atoms with Crippen molar-refractivity contribution in [2.45, 2.75) is 81.9 Å². The van der Waals surface area contributed by atoms with Crippen LogP contribution in [0, 0.1) is 0 Å². The first-order chi connectivity index (χ1) is 9.72. The molecule has 0 amide bonds. The molecule has 2 fully saturated rings. The van der Waals surface area contributed by atoms with Crippen LogP contribution >= 0.6 is 0 Å². The molecule has 2 aliphatic heterocycles. The number of fused-ring (bicyclic) bond motifs is 2. The largest absolute Gasteiger partial charge is 0.390 e. The van der Waals surface area contributed by atoms with E-state index in [4.69, 9.17) is 4.74 Å². The fourth-order valence-electron chi connectivity index (χ4n) is 3.67. The van der Waals surface area contributed by atoms with Gasteiger partial charge in [-0.2, -0.15) is 0 Å². The average Bonchev–Trinajstić information content (AvgIpc) is 2.41. The van der Waals surface area contributed by atoms with E-state index >= 15 is 0 Å². The summed E-state index contributed by atoms with van der Waals surface area (Å²) in [5, 5.41) is 14.3. The normalized spacial score (nSPS) is 33.0. The maximum atomic E-state index is 10.7. The zero-order valence-electron chi connectivity index (χ0n) is 12.8. The van der Waals surface area contributed by atoms with Gasteiger partial charge in [0.2, 0.25) is 0 Å². The maximum absolute atomic E-state index is 10.7. The summed E-state index contributed by atoms with van der Waals surface area (Å²) >= 11 is 0. The first-order valence-electron chi connectivity index (χ1n) is 8.39. The molecule has 3 nitrogen and oxygen atoms in total.